The third-order valence-electron chi connectivity index (χ3n) is 4.63. The highest BCUT2D eigenvalue weighted by Crippen LogP contribution is 2.26. The number of nitrogens with one attached hydrogen (secondary N) is 1. The first-order valence-electron chi connectivity index (χ1n) is 8.89. The number of aromatic nitrogens is 2. The number of alkyl halides is 2. The van der Waals surface area contributed by atoms with Crippen molar-refractivity contribution in [1.29, 1.82) is 5.26 Å². The van der Waals surface area contributed by atoms with Crippen LogP contribution >= 0.6 is 0 Å². The summed E-state index contributed by atoms with van der Waals surface area (Å²) in [5.74, 6) is -1.24. The van der Waals surface area contributed by atoms with Crippen molar-refractivity contribution in [2.45, 2.75) is 12.7 Å². The van der Waals surface area contributed by atoms with E-state index in [2.05, 4.69) is 20.0 Å². The Morgan fingerprint density at radius 2 is 2.07 bits per heavy atom. The van der Waals surface area contributed by atoms with Crippen LogP contribution in [-0.2, 0) is 0 Å². The smallest absolute Gasteiger partial charge is 0.387 e. The van der Waals surface area contributed by atoms with Crippen molar-refractivity contribution < 1.29 is 24.1 Å². The zero-order valence-corrected chi connectivity index (χ0v) is 15.3. The second-order valence-corrected chi connectivity index (χ2v) is 6.67. The van der Waals surface area contributed by atoms with Gasteiger partial charge in [-0.2, -0.15) is 14.0 Å². The summed E-state index contributed by atoms with van der Waals surface area (Å²) in [6, 6.07) is 8.80. The molecule has 3 aromatic rings. The zero-order valence-electron chi connectivity index (χ0n) is 15.3. The number of fused-ring (bicyclic) bond motifs is 1. The maximum absolute atomic E-state index is 13.9. The normalized spacial score (nSPS) is 13.8. The van der Waals surface area contributed by atoms with E-state index in [1.165, 1.54) is 18.5 Å². The highest BCUT2D eigenvalue weighted by Gasteiger charge is 2.29. The minimum atomic E-state index is -3.15. The predicted octanol–water partition coefficient (Wildman–Crippen LogP) is 3.11. The van der Waals surface area contributed by atoms with E-state index in [-0.39, 0.29) is 24.5 Å². The van der Waals surface area contributed by atoms with E-state index in [0.29, 0.717) is 29.9 Å². The molecule has 4 rings (SSSR count). The molecule has 30 heavy (non-hydrogen) atoms. The molecule has 2 aromatic heterocycles. The Morgan fingerprint density at radius 3 is 2.73 bits per heavy atom. The minimum absolute atomic E-state index is 0. The van der Waals surface area contributed by atoms with Crippen LogP contribution in [0.4, 0.5) is 19.0 Å². The number of carbonyl (C=O) groups is 1. The van der Waals surface area contributed by atoms with Crippen LogP contribution in [0.2, 0.25) is 0 Å². The fourth-order valence-corrected chi connectivity index (χ4v) is 3.10. The molecular weight excluding hydrogens is 399 g/mol. The molecule has 1 aliphatic heterocycles. The first-order chi connectivity index (χ1) is 14.4. The predicted molar refractivity (Wildman–Crippen MR) is 103 cm³/mol. The maximum Gasteiger partial charge on any atom is 0.387 e. The summed E-state index contributed by atoms with van der Waals surface area (Å²) in [7, 11) is 0. The molecule has 1 aromatic carbocycles. The molecule has 10 heteroatoms. The molecule has 0 saturated carbocycles. The summed E-state index contributed by atoms with van der Waals surface area (Å²) >= 11 is 0. The lowest BCUT2D eigenvalue weighted by atomic mass is 10.1. The van der Waals surface area contributed by atoms with Crippen LogP contribution in [0.3, 0.4) is 0 Å². The number of nitriles is 1. The number of pyridine rings is 2. The first kappa shape index (κ1) is 19.4. The second-order valence-electron chi connectivity index (χ2n) is 6.67. The molecule has 1 N–H and O–H groups in total. The number of hydrogen-bond donors (Lipinski definition) is 1. The average molecular weight is 415 g/mol. The number of rotatable bonds is 5. The minimum Gasteiger partial charge on any atom is -0.432 e. The number of hydrogen-bond acceptors (Lipinski definition) is 6. The molecule has 1 amide bonds. The van der Waals surface area contributed by atoms with Crippen LogP contribution in [0.5, 0.6) is 5.75 Å². The van der Waals surface area contributed by atoms with Crippen molar-refractivity contribution in [3.05, 3.63) is 59.7 Å². The lowest BCUT2D eigenvalue weighted by Gasteiger charge is -2.40. The van der Waals surface area contributed by atoms with Gasteiger partial charge in [0.05, 0.1) is 22.7 Å². The quantitative estimate of drug-likeness (QED) is 0.689. The average Bonchev–Trinajstić information content (AvgIpc) is 2.70. The molecule has 7 nitrogen and oxygen atoms in total. The van der Waals surface area contributed by atoms with Gasteiger partial charge in [0.1, 0.15) is 11.9 Å². The molecule has 0 bridgehead atoms. The summed E-state index contributed by atoms with van der Waals surface area (Å²) < 4.78 is 42.7. The van der Waals surface area contributed by atoms with Crippen molar-refractivity contribution >= 4 is 22.6 Å². The van der Waals surface area contributed by atoms with E-state index in [1.54, 1.807) is 12.1 Å². The Bertz CT molecular complexity index is 1150. The number of carbonyl (C=O) groups excluding carboxylic acids is 1. The van der Waals surface area contributed by atoms with E-state index >= 15 is 0 Å². The third-order valence-corrected chi connectivity index (χ3v) is 4.63. The summed E-state index contributed by atoms with van der Waals surface area (Å²) in [5.41, 5.74) is 0.918. The third kappa shape index (κ3) is 3.96. The van der Waals surface area contributed by atoms with E-state index in [9.17, 15) is 18.0 Å². The van der Waals surface area contributed by atoms with Crippen LogP contribution < -0.4 is 15.0 Å². The molecule has 0 atom stereocenters. The van der Waals surface area contributed by atoms with Crippen molar-refractivity contribution in [2.24, 2.45) is 0 Å². The van der Waals surface area contributed by atoms with E-state index < -0.39 is 18.2 Å². The van der Waals surface area contributed by atoms with Crippen molar-refractivity contribution in [3.8, 4) is 11.8 Å². The highest BCUT2D eigenvalue weighted by molar-refractivity contribution is 5.97. The lowest BCUT2D eigenvalue weighted by Crippen LogP contribution is -2.59. The Labute approximate surface area is 170 Å². The molecular formula is C20H16F3N5O2. The number of anilines is 1. The van der Waals surface area contributed by atoms with Gasteiger partial charge >= 0.3 is 6.61 Å². The van der Waals surface area contributed by atoms with Crippen molar-refractivity contribution in [2.75, 3.05) is 18.0 Å². The number of amides is 1. The SMILES string of the molecule is N#Cc1ccc(N2CC(NC(=O)c3cnc4cc(OC(F)F)c(F)cc4c3)C2)nc1.[HH]. The molecule has 0 radical (unpaired) electrons. The van der Waals surface area contributed by atoms with Gasteiger partial charge in [-0.3, -0.25) is 9.78 Å². The monoisotopic (exact) mass is 415 g/mol. The number of benzene rings is 1. The van der Waals surface area contributed by atoms with E-state index in [0.717, 1.165) is 12.1 Å². The Hall–Kier alpha value is -3.87. The van der Waals surface area contributed by atoms with Crippen LogP contribution in [0.1, 0.15) is 17.3 Å². The summed E-state index contributed by atoms with van der Waals surface area (Å²) in [4.78, 5) is 22.7. The molecule has 154 valence electrons. The molecule has 3 heterocycles. The van der Waals surface area contributed by atoms with Gasteiger partial charge in [0.25, 0.3) is 5.91 Å². The highest BCUT2D eigenvalue weighted by atomic mass is 19.3. The molecule has 0 aliphatic carbocycles. The summed E-state index contributed by atoms with van der Waals surface area (Å²) in [5, 5.41) is 11.9. The number of halogens is 3. The first-order valence-corrected chi connectivity index (χ1v) is 8.89. The second kappa shape index (κ2) is 7.87. The molecule has 0 spiro atoms. The lowest BCUT2D eigenvalue weighted by molar-refractivity contribution is -0.0520. The molecule has 0 unspecified atom stereocenters. The standard InChI is InChI=1S/C20H14F3N5O2.H2/c21-15-4-12-3-13(8-25-16(12)5-17(15)30-20(22)23)19(29)27-14-9-28(10-14)18-2-1-11(6-24)7-26-18;/h1-5,7-8,14,20H,9-10H2,(H,27,29);1H. The maximum atomic E-state index is 13.9. The van der Waals surface area contributed by atoms with Crippen LogP contribution in [-0.4, -0.2) is 41.6 Å². The van der Waals surface area contributed by atoms with E-state index in [4.69, 9.17) is 5.26 Å². The van der Waals surface area contributed by atoms with Gasteiger partial charge in [-0.05, 0) is 24.3 Å². The van der Waals surface area contributed by atoms with Gasteiger partial charge in [0, 0.05) is 38.4 Å². The van der Waals surface area contributed by atoms with Crippen molar-refractivity contribution in [1.82, 2.24) is 15.3 Å². The number of ether oxygens (including phenoxy) is 1. The molecule has 1 saturated heterocycles. The Morgan fingerprint density at radius 1 is 1.27 bits per heavy atom. The van der Waals surface area contributed by atoms with Crippen molar-refractivity contribution in [3.63, 3.8) is 0 Å². The van der Waals surface area contributed by atoms with Gasteiger partial charge in [-0.15, -0.1) is 0 Å². The number of nitrogens with zero attached hydrogens (tertiary/aromatic N) is 4. The Balaban J connectivity index is 0.00000272. The summed E-state index contributed by atoms with van der Waals surface area (Å²) in [6.07, 6.45) is 2.78. The topological polar surface area (TPSA) is 91.1 Å². The van der Waals surface area contributed by atoms with Gasteiger partial charge in [-0.25, -0.2) is 9.37 Å². The van der Waals surface area contributed by atoms with Crippen LogP contribution in [0.25, 0.3) is 10.9 Å². The van der Waals surface area contributed by atoms with E-state index in [1.807, 2.05) is 11.0 Å². The van der Waals surface area contributed by atoms with Gasteiger partial charge in [0.15, 0.2) is 11.6 Å². The largest absolute Gasteiger partial charge is 0.432 e. The molecule has 1 fully saturated rings. The Kier molecular flexibility index (Phi) is 5.10. The van der Waals surface area contributed by atoms with Crippen LogP contribution in [0, 0.1) is 17.1 Å². The zero-order chi connectivity index (χ0) is 21.3. The molecule has 1 aliphatic rings. The van der Waals surface area contributed by atoms with Gasteiger partial charge in [-0.1, -0.05) is 0 Å². The van der Waals surface area contributed by atoms with Gasteiger partial charge in [0.2, 0.25) is 0 Å². The fourth-order valence-electron chi connectivity index (χ4n) is 3.10. The van der Waals surface area contributed by atoms with Gasteiger partial charge < -0.3 is 15.0 Å². The van der Waals surface area contributed by atoms with Crippen LogP contribution in [0.15, 0.2) is 42.7 Å². The fraction of sp³-hybridized carbons (Fsp3) is 0.200. The summed E-state index contributed by atoms with van der Waals surface area (Å²) in [6.45, 7) is -2.05.